The van der Waals surface area contributed by atoms with E-state index in [1.165, 1.54) is 0 Å². The average molecular weight is 185 g/mol. The lowest BCUT2D eigenvalue weighted by atomic mass is 10.1. The van der Waals surface area contributed by atoms with Gasteiger partial charge in [0.05, 0.1) is 16.9 Å². The van der Waals surface area contributed by atoms with Crippen molar-refractivity contribution < 1.29 is 0 Å². The molecule has 5 nitrogen and oxygen atoms in total. The highest BCUT2D eigenvalue weighted by molar-refractivity contribution is 5.94. The monoisotopic (exact) mass is 185 g/mol. The number of nitrogen functional groups attached to an aromatic ring is 1. The van der Waals surface area contributed by atoms with Crippen molar-refractivity contribution in [1.29, 1.82) is 0 Å². The quantitative estimate of drug-likeness (QED) is 0.320. The van der Waals surface area contributed by atoms with Crippen molar-refractivity contribution in [3.05, 3.63) is 40.9 Å². The van der Waals surface area contributed by atoms with Gasteiger partial charge < -0.3 is 5.73 Å². The molecule has 2 rings (SSSR count). The zero-order valence-corrected chi connectivity index (χ0v) is 7.25. The number of anilines is 1. The van der Waals surface area contributed by atoms with E-state index in [9.17, 15) is 0 Å². The Hall–Kier alpha value is -2.26. The fourth-order valence-corrected chi connectivity index (χ4v) is 1.29. The Kier molecular flexibility index (Phi) is 1.93. The first-order valence-corrected chi connectivity index (χ1v) is 4.01. The summed E-state index contributed by atoms with van der Waals surface area (Å²) >= 11 is 0. The largest absolute Gasteiger partial charge is 0.397 e. The van der Waals surface area contributed by atoms with Crippen LogP contribution in [0.1, 0.15) is 0 Å². The van der Waals surface area contributed by atoms with Gasteiger partial charge in [0.2, 0.25) is 0 Å². The average Bonchev–Trinajstić information content (AvgIpc) is 2.23. The van der Waals surface area contributed by atoms with Gasteiger partial charge in [0.1, 0.15) is 0 Å². The highest BCUT2D eigenvalue weighted by Gasteiger charge is 2.02. The van der Waals surface area contributed by atoms with Crippen LogP contribution in [0.25, 0.3) is 21.3 Å². The lowest BCUT2D eigenvalue weighted by Gasteiger charge is -2.02. The molecule has 2 N–H and O–H groups in total. The van der Waals surface area contributed by atoms with Crippen LogP contribution in [0.3, 0.4) is 0 Å². The number of nitrogens with two attached hydrogens (primary N) is 1. The molecule has 68 valence electrons. The molecule has 1 aromatic heterocycles. The van der Waals surface area contributed by atoms with Gasteiger partial charge in [-0.1, -0.05) is 17.2 Å². The van der Waals surface area contributed by atoms with Crippen LogP contribution in [0.2, 0.25) is 0 Å². The maximum atomic E-state index is 8.30. The number of hydrogen-bond acceptors (Lipinski definition) is 3. The van der Waals surface area contributed by atoms with Crippen LogP contribution >= 0.6 is 0 Å². The van der Waals surface area contributed by atoms with Crippen molar-refractivity contribution in [2.24, 2.45) is 5.11 Å². The normalized spacial score (nSPS) is 9.71. The number of azide groups is 1. The van der Waals surface area contributed by atoms with Gasteiger partial charge in [-0.2, -0.15) is 0 Å². The smallest absolute Gasteiger partial charge is 0.0935 e. The number of hydrogen-bond donors (Lipinski definition) is 1. The van der Waals surface area contributed by atoms with Gasteiger partial charge >= 0.3 is 0 Å². The minimum absolute atomic E-state index is 0.415. The van der Waals surface area contributed by atoms with Crippen molar-refractivity contribution in [2.45, 2.75) is 0 Å². The molecule has 5 heteroatoms. The summed E-state index contributed by atoms with van der Waals surface area (Å²) in [5, 5.41) is 4.40. The number of benzene rings is 1. The fraction of sp³-hybridized carbons (Fsp3) is 0. The van der Waals surface area contributed by atoms with E-state index in [0.29, 0.717) is 16.9 Å². The van der Waals surface area contributed by atoms with Gasteiger partial charge in [-0.05, 0) is 17.7 Å². The molecule has 0 aliphatic rings. The molecule has 1 heterocycles. The first-order chi connectivity index (χ1) is 6.83. The molecular formula is C9H7N5. The molecule has 0 saturated carbocycles. The SMILES string of the molecule is [N-]=[N+]=Nc1ccc2cccnc2c1N. The van der Waals surface area contributed by atoms with Gasteiger partial charge in [0.15, 0.2) is 0 Å². The summed E-state index contributed by atoms with van der Waals surface area (Å²) in [5.41, 5.74) is 15.6. The zero-order chi connectivity index (χ0) is 9.97. The van der Waals surface area contributed by atoms with Gasteiger partial charge in [-0.15, -0.1) is 0 Å². The molecule has 1 aromatic carbocycles. The number of nitrogens with zero attached hydrogens (tertiary/aromatic N) is 4. The van der Waals surface area contributed by atoms with Crippen molar-refractivity contribution in [3.8, 4) is 0 Å². The molecule has 14 heavy (non-hydrogen) atoms. The standard InChI is InChI=1S/C9H7N5/c10-8-7(13-14-11)4-3-6-2-1-5-12-9(6)8/h1-5H,10H2. The molecule has 0 aliphatic carbocycles. The van der Waals surface area contributed by atoms with E-state index in [1.807, 2.05) is 18.2 Å². The molecule has 0 aliphatic heterocycles. The summed E-state index contributed by atoms with van der Waals surface area (Å²) in [6.45, 7) is 0. The van der Waals surface area contributed by atoms with E-state index < -0.39 is 0 Å². The minimum Gasteiger partial charge on any atom is -0.397 e. The Labute approximate surface area is 79.8 Å². The van der Waals surface area contributed by atoms with Crippen LogP contribution in [-0.4, -0.2) is 4.98 Å². The molecule has 0 fully saturated rings. The number of aromatic nitrogens is 1. The lowest BCUT2D eigenvalue weighted by Crippen LogP contribution is -1.89. The third-order valence-electron chi connectivity index (χ3n) is 1.94. The summed E-state index contributed by atoms with van der Waals surface area (Å²) < 4.78 is 0. The van der Waals surface area contributed by atoms with Crippen LogP contribution in [0.15, 0.2) is 35.6 Å². The Morgan fingerprint density at radius 1 is 1.36 bits per heavy atom. The molecular weight excluding hydrogens is 178 g/mol. The predicted molar refractivity (Wildman–Crippen MR) is 55.0 cm³/mol. The Balaban J connectivity index is 2.81. The fourth-order valence-electron chi connectivity index (χ4n) is 1.29. The van der Waals surface area contributed by atoms with Crippen molar-refractivity contribution in [3.63, 3.8) is 0 Å². The molecule has 0 radical (unpaired) electrons. The molecule has 2 aromatic rings. The minimum atomic E-state index is 0.415. The second-order valence-corrected chi connectivity index (χ2v) is 2.76. The van der Waals surface area contributed by atoms with E-state index in [1.54, 1.807) is 12.3 Å². The van der Waals surface area contributed by atoms with Crippen LogP contribution in [0.4, 0.5) is 11.4 Å². The lowest BCUT2D eigenvalue weighted by molar-refractivity contribution is 1.40. The third-order valence-corrected chi connectivity index (χ3v) is 1.94. The Bertz CT molecular complexity index is 528. The van der Waals surface area contributed by atoms with E-state index in [2.05, 4.69) is 15.0 Å². The summed E-state index contributed by atoms with van der Waals surface area (Å²) in [5.74, 6) is 0. The second-order valence-electron chi connectivity index (χ2n) is 2.76. The van der Waals surface area contributed by atoms with E-state index >= 15 is 0 Å². The van der Waals surface area contributed by atoms with Crippen molar-refractivity contribution in [2.75, 3.05) is 5.73 Å². The third kappa shape index (κ3) is 1.22. The molecule has 0 unspecified atom stereocenters. The maximum absolute atomic E-state index is 8.30. The zero-order valence-electron chi connectivity index (χ0n) is 7.25. The molecule has 0 bridgehead atoms. The predicted octanol–water partition coefficient (Wildman–Crippen LogP) is 2.76. The molecule has 0 saturated heterocycles. The summed E-state index contributed by atoms with van der Waals surface area (Å²) in [4.78, 5) is 6.81. The summed E-state index contributed by atoms with van der Waals surface area (Å²) in [7, 11) is 0. The number of fused-ring (bicyclic) bond motifs is 1. The number of rotatable bonds is 1. The Morgan fingerprint density at radius 3 is 3.00 bits per heavy atom. The summed E-state index contributed by atoms with van der Waals surface area (Å²) in [6, 6.07) is 7.23. The van der Waals surface area contributed by atoms with Gasteiger partial charge in [-0.3, -0.25) is 4.98 Å². The van der Waals surface area contributed by atoms with Crippen LogP contribution in [0.5, 0.6) is 0 Å². The molecule has 0 atom stereocenters. The van der Waals surface area contributed by atoms with Crippen molar-refractivity contribution >= 4 is 22.3 Å². The Morgan fingerprint density at radius 2 is 2.21 bits per heavy atom. The van der Waals surface area contributed by atoms with E-state index in [-0.39, 0.29) is 0 Å². The maximum Gasteiger partial charge on any atom is 0.0935 e. The first-order valence-electron chi connectivity index (χ1n) is 4.01. The molecule has 0 spiro atoms. The van der Waals surface area contributed by atoms with Crippen LogP contribution in [-0.2, 0) is 0 Å². The van der Waals surface area contributed by atoms with E-state index in [0.717, 1.165) is 5.39 Å². The van der Waals surface area contributed by atoms with Crippen molar-refractivity contribution in [1.82, 2.24) is 4.98 Å². The van der Waals surface area contributed by atoms with Gasteiger partial charge in [0.25, 0.3) is 0 Å². The highest BCUT2D eigenvalue weighted by atomic mass is 15.1. The van der Waals surface area contributed by atoms with Crippen LogP contribution < -0.4 is 5.73 Å². The van der Waals surface area contributed by atoms with Gasteiger partial charge in [0, 0.05) is 16.5 Å². The summed E-state index contributed by atoms with van der Waals surface area (Å²) in [6.07, 6.45) is 1.65. The van der Waals surface area contributed by atoms with Gasteiger partial charge in [-0.25, -0.2) is 0 Å². The molecule has 0 amide bonds. The number of pyridine rings is 1. The topological polar surface area (TPSA) is 87.7 Å². The second kappa shape index (κ2) is 3.24. The highest BCUT2D eigenvalue weighted by Crippen LogP contribution is 2.28. The van der Waals surface area contributed by atoms with Crippen LogP contribution in [0, 0.1) is 0 Å². The first kappa shape index (κ1) is 8.34. The van der Waals surface area contributed by atoms with E-state index in [4.69, 9.17) is 11.3 Å².